The van der Waals surface area contributed by atoms with E-state index in [1.54, 1.807) is 4.68 Å². The van der Waals surface area contributed by atoms with Gasteiger partial charge in [-0.25, -0.2) is 4.68 Å². The van der Waals surface area contributed by atoms with Crippen LogP contribution in [0.1, 0.15) is 10.5 Å². The fraction of sp³-hybridized carbons (Fsp3) is 0. The van der Waals surface area contributed by atoms with Crippen LogP contribution in [0, 0.1) is 3.57 Å². The van der Waals surface area contributed by atoms with Gasteiger partial charge in [0.1, 0.15) is 11.4 Å². The van der Waals surface area contributed by atoms with E-state index in [0.717, 1.165) is 26.8 Å². The van der Waals surface area contributed by atoms with Gasteiger partial charge >= 0.3 is 0 Å². The number of aromatic nitrogens is 2. The molecule has 0 fully saturated rings. The molecule has 0 saturated carbocycles. The van der Waals surface area contributed by atoms with Crippen LogP contribution in [0.5, 0.6) is 0 Å². The van der Waals surface area contributed by atoms with Crippen molar-refractivity contribution in [1.82, 2.24) is 9.78 Å². The minimum atomic E-state index is 0.548. The Labute approximate surface area is 140 Å². The molecule has 0 unspecified atom stereocenters. The van der Waals surface area contributed by atoms with Gasteiger partial charge in [-0.05, 0) is 46.9 Å². The van der Waals surface area contributed by atoms with Gasteiger partial charge in [-0.2, -0.15) is 5.10 Å². The van der Waals surface area contributed by atoms with Crippen molar-refractivity contribution in [2.45, 2.75) is 0 Å². The topological polar surface area (TPSA) is 34.9 Å². The van der Waals surface area contributed by atoms with Gasteiger partial charge < -0.3 is 0 Å². The number of aldehydes is 1. The van der Waals surface area contributed by atoms with Crippen LogP contribution in [0.25, 0.3) is 16.9 Å². The van der Waals surface area contributed by atoms with Crippen molar-refractivity contribution in [3.05, 3.63) is 68.9 Å². The number of para-hydroxylation sites is 1. The van der Waals surface area contributed by atoms with E-state index in [1.165, 1.54) is 0 Å². The van der Waals surface area contributed by atoms with Crippen LogP contribution in [0.4, 0.5) is 0 Å². The van der Waals surface area contributed by atoms with Gasteiger partial charge in [0.2, 0.25) is 0 Å². The Morgan fingerprint density at radius 2 is 1.71 bits per heavy atom. The first-order chi connectivity index (χ1) is 10.2. The lowest BCUT2D eigenvalue weighted by Crippen LogP contribution is -2.01. The van der Waals surface area contributed by atoms with Crippen LogP contribution in [0.3, 0.4) is 0 Å². The first-order valence-corrected chi connectivity index (χ1v) is 7.71. The van der Waals surface area contributed by atoms with Gasteiger partial charge in [0, 0.05) is 10.6 Å². The Balaban J connectivity index is 2.18. The molecule has 21 heavy (non-hydrogen) atoms. The third-order valence-corrected chi connectivity index (χ3v) is 4.41. The molecule has 2 aromatic carbocycles. The van der Waals surface area contributed by atoms with E-state index in [2.05, 4.69) is 27.7 Å². The molecule has 0 N–H and O–H groups in total. The third-order valence-electron chi connectivity index (χ3n) is 3.09. The van der Waals surface area contributed by atoms with Crippen molar-refractivity contribution in [2.24, 2.45) is 0 Å². The Hall–Kier alpha value is -1.66. The van der Waals surface area contributed by atoms with Crippen molar-refractivity contribution in [1.29, 1.82) is 0 Å². The van der Waals surface area contributed by atoms with Gasteiger partial charge in [-0.3, -0.25) is 4.79 Å². The molecule has 3 aromatic rings. The van der Waals surface area contributed by atoms with Crippen LogP contribution < -0.4 is 0 Å². The molecule has 0 aliphatic rings. The predicted octanol–water partition coefficient (Wildman–Crippen LogP) is 4.61. The number of carbonyl (C=O) groups is 1. The normalized spacial score (nSPS) is 10.6. The molecular weight excluding hydrogens is 399 g/mol. The van der Waals surface area contributed by atoms with E-state index >= 15 is 0 Å². The van der Waals surface area contributed by atoms with Crippen LogP contribution in [-0.2, 0) is 0 Å². The SMILES string of the molecule is O=Cc1c(I)c(-c2ccc(Cl)cc2)nn1-c1ccccc1. The van der Waals surface area contributed by atoms with Crippen molar-refractivity contribution in [3.8, 4) is 16.9 Å². The lowest BCUT2D eigenvalue weighted by Gasteiger charge is -2.02. The summed E-state index contributed by atoms with van der Waals surface area (Å²) < 4.78 is 2.49. The van der Waals surface area contributed by atoms with Gasteiger partial charge in [0.05, 0.1) is 9.26 Å². The summed E-state index contributed by atoms with van der Waals surface area (Å²) in [5.41, 5.74) is 3.12. The zero-order valence-corrected chi connectivity index (χ0v) is 13.7. The van der Waals surface area contributed by atoms with E-state index in [4.69, 9.17) is 11.6 Å². The summed E-state index contributed by atoms with van der Waals surface area (Å²) in [5.74, 6) is 0. The largest absolute Gasteiger partial charge is 0.296 e. The average Bonchev–Trinajstić information content (AvgIpc) is 2.86. The smallest absolute Gasteiger partial charge is 0.169 e. The highest BCUT2D eigenvalue weighted by Gasteiger charge is 2.17. The number of nitrogens with zero attached hydrogens (tertiary/aromatic N) is 2. The third kappa shape index (κ3) is 2.73. The molecular formula is C16H10ClIN2O. The van der Waals surface area contributed by atoms with Crippen molar-refractivity contribution >= 4 is 40.5 Å². The molecule has 3 rings (SSSR count). The first kappa shape index (κ1) is 14.3. The fourth-order valence-corrected chi connectivity index (χ4v) is 2.97. The van der Waals surface area contributed by atoms with Crippen molar-refractivity contribution in [2.75, 3.05) is 0 Å². The number of carbonyl (C=O) groups excluding carboxylic acids is 1. The van der Waals surface area contributed by atoms with Crippen LogP contribution in [-0.4, -0.2) is 16.1 Å². The monoisotopic (exact) mass is 408 g/mol. The minimum Gasteiger partial charge on any atom is -0.296 e. The summed E-state index contributed by atoms with van der Waals surface area (Å²) in [4.78, 5) is 11.4. The predicted molar refractivity (Wildman–Crippen MR) is 92.1 cm³/mol. The van der Waals surface area contributed by atoms with E-state index in [1.807, 2.05) is 54.6 Å². The number of halogens is 2. The standard InChI is InChI=1S/C16H10ClIN2O/c17-12-8-6-11(7-9-12)16-15(18)14(10-21)20(19-16)13-4-2-1-3-5-13/h1-10H. The molecule has 0 amide bonds. The van der Waals surface area contributed by atoms with E-state index in [-0.39, 0.29) is 0 Å². The van der Waals surface area contributed by atoms with Crippen LogP contribution in [0.2, 0.25) is 5.02 Å². The molecule has 0 saturated heterocycles. The van der Waals surface area contributed by atoms with E-state index in [9.17, 15) is 4.79 Å². The maximum absolute atomic E-state index is 11.4. The van der Waals surface area contributed by atoms with Gasteiger partial charge in [0.15, 0.2) is 6.29 Å². The highest BCUT2D eigenvalue weighted by atomic mass is 127. The van der Waals surface area contributed by atoms with Gasteiger partial charge in [-0.15, -0.1) is 0 Å². The summed E-state index contributed by atoms with van der Waals surface area (Å²) in [6, 6.07) is 17.0. The lowest BCUT2D eigenvalue weighted by molar-refractivity contribution is 0.111. The quantitative estimate of drug-likeness (QED) is 0.469. The molecule has 5 heteroatoms. The highest BCUT2D eigenvalue weighted by Crippen LogP contribution is 2.28. The summed E-state index contributed by atoms with van der Waals surface area (Å²) in [5, 5.41) is 5.26. The van der Waals surface area contributed by atoms with Gasteiger partial charge in [0.25, 0.3) is 0 Å². The molecule has 0 spiro atoms. The highest BCUT2D eigenvalue weighted by molar-refractivity contribution is 14.1. The summed E-state index contributed by atoms with van der Waals surface area (Å²) >= 11 is 8.07. The summed E-state index contributed by atoms with van der Waals surface area (Å²) in [6.07, 6.45) is 0.835. The number of benzene rings is 2. The van der Waals surface area contributed by atoms with E-state index in [0.29, 0.717) is 10.7 Å². The lowest BCUT2D eigenvalue weighted by atomic mass is 10.1. The Morgan fingerprint density at radius 1 is 1.05 bits per heavy atom. The summed E-state index contributed by atoms with van der Waals surface area (Å²) in [7, 11) is 0. The Kier molecular flexibility index (Phi) is 4.07. The molecule has 1 heterocycles. The van der Waals surface area contributed by atoms with Crippen LogP contribution in [0.15, 0.2) is 54.6 Å². The molecule has 1 aromatic heterocycles. The molecule has 0 radical (unpaired) electrons. The number of hydrogen-bond donors (Lipinski definition) is 0. The summed E-state index contributed by atoms with van der Waals surface area (Å²) in [6.45, 7) is 0. The van der Waals surface area contributed by atoms with Gasteiger partial charge in [-0.1, -0.05) is 41.9 Å². The second-order valence-corrected chi connectivity index (χ2v) is 5.94. The second kappa shape index (κ2) is 5.99. The second-order valence-electron chi connectivity index (χ2n) is 4.42. The van der Waals surface area contributed by atoms with Crippen molar-refractivity contribution < 1.29 is 4.79 Å². The fourth-order valence-electron chi connectivity index (χ4n) is 2.07. The van der Waals surface area contributed by atoms with Crippen LogP contribution >= 0.6 is 34.2 Å². The molecule has 0 atom stereocenters. The number of rotatable bonds is 3. The first-order valence-electron chi connectivity index (χ1n) is 6.26. The molecule has 0 aliphatic heterocycles. The maximum atomic E-state index is 11.4. The zero-order valence-electron chi connectivity index (χ0n) is 10.8. The minimum absolute atomic E-state index is 0.548. The molecule has 0 bridgehead atoms. The van der Waals surface area contributed by atoms with E-state index < -0.39 is 0 Å². The molecule has 3 nitrogen and oxygen atoms in total. The Bertz CT molecular complexity index is 782. The zero-order chi connectivity index (χ0) is 14.8. The number of hydrogen-bond acceptors (Lipinski definition) is 2. The Morgan fingerprint density at radius 3 is 2.33 bits per heavy atom. The average molecular weight is 409 g/mol. The molecule has 0 aliphatic carbocycles. The molecule has 104 valence electrons. The maximum Gasteiger partial charge on any atom is 0.169 e. The van der Waals surface area contributed by atoms with Crippen molar-refractivity contribution in [3.63, 3.8) is 0 Å².